The zero-order chi connectivity index (χ0) is 31.8. The molecule has 0 saturated carbocycles. The van der Waals surface area contributed by atoms with Gasteiger partial charge in [-0.15, -0.1) is 0 Å². The maximum Gasteiger partial charge on any atom is 0.410 e. The van der Waals surface area contributed by atoms with Crippen molar-refractivity contribution in [2.24, 2.45) is 0 Å². The van der Waals surface area contributed by atoms with Crippen LogP contribution in [0.3, 0.4) is 0 Å². The van der Waals surface area contributed by atoms with E-state index in [1.807, 2.05) is 43.0 Å². The summed E-state index contributed by atoms with van der Waals surface area (Å²) in [6, 6.07) is 15.4. The minimum absolute atomic E-state index is 0.0188. The number of carbonyl (C=O) groups excluding carboxylic acids is 4. The maximum atomic E-state index is 13.9. The summed E-state index contributed by atoms with van der Waals surface area (Å²) < 4.78 is 5.91. The van der Waals surface area contributed by atoms with Crippen LogP contribution in [0.2, 0.25) is 0 Å². The molecule has 2 fully saturated rings. The molecule has 3 aliphatic rings. The summed E-state index contributed by atoms with van der Waals surface area (Å²) >= 11 is 0. The average molecular weight is 617 g/mol. The Bertz CT molecular complexity index is 1320. The first-order chi connectivity index (χ1) is 21.9. The number of rotatable bonds is 13. The molecule has 0 bridgehead atoms. The summed E-state index contributed by atoms with van der Waals surface area (Å²) in [4.78, 5) is 57.9. The summed E-state index contributed by atoms with van der Waals surface area (Å²) in [6.07, 6.45) is 6.15. The minimum atomic E-state index is -0.608. The van der Waals surface area contributed by atoms with Crippen molar-refractivity contribution in [3.8, 4) is 11.1 Å². The fourth-order valence-corrected chi connectivity index (χ4v) is 7.15. The molecule has 242 valence electrons. The van der Waals surface area contributed by atoms with Crippen LogP contribution in [0.1, 0.15) is 88.7 Å². The van der Waals surface area contributed by atoms with Crippen LogP contribution in [0.4, 0.5) is 4.79 Å². The summed E-state index contributed by atoms with van der Waals surface area (Å²) in [6.45, 7) is 7.09. The predicted molar refractivity (Wildman–Crippen MR) is 174 cm³/mol. The molecule has 2 saturated heterocycles. The molecule has 45 heavy (non-hydrogen) atoms. The van der Waals surface area contributed by atoms with Gasteiger partial charge in [0, 0.05) is 45.1 Å². The van der Waals surface area contributed by atoms with E-state index in [2.05, 4.69) is 29.6 Å². The van der Waals surface area contributed by atoms with Crippen molar-refractivity contribution in [1.29, 1.82) is 0 Å². The van der Waals surface area contributed by atoms with Gasteiger partial charge in [-0.25, -0.2) is 4.79 Å². The standard InChI is InChI=1S/C36H48N4O5/c1-3-21-37-33(41)20-6-5-11-22-38(4-2)34(42)31-18-12-23-39(31)35(43)32-19-13-24-40(32)36(44)45-25-30-28-16-9-7-14-26(28)27-15-8-10-17-29(27)30/h7-10,14-17,30-32H,3-6,11-13,18-25H2,1-2H3,(H,37,41)/t31-,32-/m0/s1. The lowest BCUT2D eigenvalue weighted by Crippen LogP contribution is -2.53. The number of nitrogens with one attached hydrogen (secondary N) is 1. The molecule has 2 aliphatic heterocycles. The first-order valence-electron chi connectivity index (χ1n) is 16.9. The van der Waals surface area contributed by atoms with Crippen molar-refractivity contribution in [1.82, 2.24) is 20.0 Å². The van der Waals surface area contributed by atoms with Gasteiger partial charge in [-0.05, 0) is 74.1 Å². The smallest absolute Gasteiger partial charge is 0.410 e. The van der Waals surface area contributed by atoms with E-state index in [1.165, 1.54) is 11.1 Å². The second-order valence-corrected chi connectivity index (χ2v) is 12.4. The Labute approximate surface area is 267 Å². The van der Waals surface area contributed by atoms with E-state index >= 15 is 0 Å². The molecule has 4 amide bonds. The van der Waals surface area contributed by atoms with Crippen LogP contribution in [0.5, 0.6) is 0 Å². The third-order valence-electron chi connectivity index (χ3n) is 9.53. The van der Waals surface area contributed by atoms with Crippen LogP contribution in [-0.2, 0) is 19.1 Å². The number of carbonyl (C=O) groups is 4. The van der Waals surface area contributed by atoms with E-state index in [1.54, 1.807) is 9.80 Å². The first kappa shape index (κ1) is 32.5. The lowest BCUT2D eigenvalue weighted by Gasteiger charge is -2.33. The number of fused-ring (bicyclic) bond motifs is 3. The van der Waals surface area contributed by atoms with Crippen LogP contribution < -0.4 is 5.32 Å². The highest BCUT2D eigenvalue weighted by atomic mass is 16.6. The molecule has 1 aliphatic carbocycles. The highest BCUT2D eigenvalue weighted by molar-refractivity contribution is 5.92. The number of hydrogen-bond acceptors (Lipinski definition) is 5. The second-order valence-electron chi connectivity index (χ2n) is 12.4. The van der Waals surface area contributed by atoms with Gasteiger partial charge < -0.3 is 19.9 Å². The fourth-order valence-electron chi connectivity index (χ4n) is 7.15. The van der Waals surface area contributed by atoms with E-state index < -0.39 is 18.2 Å². The lowest BCUT2D eigenvalue weighted by molar-refractivity contribution is -0.146. The van der Waals surface area contributed by atoms with Crippen LogP contribution in [-0.4, -0.2) is 89.9 Å². The third kappa shape index (κ3) is 7.34. The topological polar surface area (TPSA) is 99.3 Å². The van der Waals surface area contributed by atoms with Crippen LogP contribution in [0, 0.1) is 0 Å². The van der Waals surface area contributed by atoms with Gasteiger partial charge in [0.25, 0.3) is 0 Å². The van der Waals surface area contributed by atoms with Crippen LogP contribution in [0.25, 0.3) is 11.1 Å². The largest absolute Gasteiger partial charge is 0.448 e. The van der Waals surface area contributed by atoms with Gasteiger partial charge in [0.05, 0.1) is 0 Å². The van der Waals surface area contributed by atoms with Crippen LogP contribution in [0.15, 0.2) is 48.5 Å². The quantitative estimate of drug-likeness (QED) is 0.307. The van der Waals surface area contributed by atoms with Crippen molar-refractivity contribution >= 4 is 23.8 Å². The minimum Gasteiger partial charge on any atom is -0.448 e. The van der Waals surface area contributed by atoms with E-state index in [0.29, 0.717) is 52.0 Å². The summed E-state index contributed by atoms with van der Waals surface area (Å²) in [7, 11) is 0. The molecular formula is C36H48N4O5. The van der Waals surface area contributed by atoms with E-state index in [-0.39, 0.29) is 30.2 Å². The molecule has 9 nitrogen and oxygen atoms in total. The van der Waals surface area contributed by atoms with E-state index in [4.69, 9.17) is 4.74 Å². The fraction of sp³-hybridized carbons (Fsp3) is 0.556. The van der Waals surface area contributed by atoms with Crippen molar-refractivity contribution < 1.29 is 23.9 Å². The highest BCUT2D eigenvalue weighted by Gasteiger charge is 2.43. The Morgan fingerprint density at radius 3 is 2.16 bits per heavy atom. The summed E-state index contributed by atoms with van der Waals surface area (Å²) in [5, 5.41) is 2.90. The van der Waals surface area contributed by atoms with Crippen molar-refractivity contribution in [3.05, 3.63) is 59.7 Å². The number of amides is 4. The molecule has 0 spiro atoms. The number of benzene rings is 2. The molecular weight excluding hydrogens is 568 g/mol. The SMILES string of the molecule is CCCNC(=O)CCCCCN(CC)C(=O)[C@@H]1CCCN1C(=O)[C@@H]1CCCN1C(=O)OCC1c2ccccc2-c2ccccc21. The molecule has 1 N–H and O–H groups in total. The van der Waals surface area contributed by atoms with E-state index in [9.17, 15) is 19.2 Å². The highest BCUT2D eigenvalue weighted by Crippen LogP contribution is 2.44. The van der Waals surface area contributed by atoms with Crippen molar-refractivity contribution in [2.75, 3.05) is 39.3 Å². The molecule has 0 unspecified atom stereocenters. The van der Waals surface area contributed by atoms with Crippen molar-refractivity contribution in [2.45, 2.75) is 89.6 Å². The molecule has 5 rings (SSSR count). The monoisotopic (exact) mass is 616 g/mol. The molecule has 0 radical (unpaired) electrons. The average Bonchev–Trinajstić information content (AvgIpc) is 3.82. The summed E-state index contributed by atoms with van der Waals surface area (Å²) in [5.41, 5.74) is 4.64. The number of nitrogens with zero attached hydrogens (tertiary/aromatic N) is 3. The van der Waals surface area contributed by atoms with Gasteiger partial charge in [-0.1, -0.05) is 61.9 Å². The van der Waals surface area contributed by atoms with E-state index in [0.717, 1.165) is 49.7 Å². The zero-order valence-corrected chi connectivity index (χ0v) is 26.8. The Hall–Kier alpha value is -3.88. The number of unbranched alkanes of at least 4 members (excludes halogenated alkanes) is 2. The Kier molecular flexibility index (Phi) is 11.1. The molecule has 2 heterocycles. The number of hydrogen-bond donors (Lipinski definition) is 1. The molecule has 2 aromatic carbocycles. The summed E-state index contributed by atoms with van der Waals surface area (Å²) in [5.74, 6) is -0.128. The Balaban J connectivity index is 1.15. The molecule has 2 atom stereocenters. The maximum absolute atomic E-state index is 13.9. The zero-order valence-electron chi connectivity index (χ0n) is 26.8. The normalized spacial score (nSPS) is 18.9. The van der Waals surface area contributed by atoms with Gasteiger partial charge in [-0.3, -0.25) is 19.3 Å². The van der Waals surface area contributed by atoms with Gasteiger partial charge >= 0.3 is 6.09 Å². The van der Waals surface area contributed by atoms with Gasteiger partial charge in [0.1, 0.15) is 18.7 Å². The van der Waals surface area contributed by atoms with Crippen molar-refractivity contribution in [3.63, 3.8) is 0 Å². The first-order valence-corrected chi connectivity index (χ1v) is 16.9. The van der Waals surface area contributed by atoms with Gasteiger partial charge in [0.15, 0.2) is 0 Å². The number of likely N-dealkylation sites (tertiary alicyclic amines) is 2. The van der Waals surface area contributed by atoms with Gasteiger partial charge in [-0.2, -0.15) is 0 Å². The number of likely N-dealkylation sites (N-methyl/N-ethyl adjacent to an activating group) is 1. The van der Waals surface area contributed by atoms with Gasteiger partial charge in [0.2, 0.25) is 17.7 Å². The molecule has 0 aromatic heterocycles. The Morgan fingerprint density at radius 1 is 0.844 bits per heavy atom. The Morgan fingerprint density at radius 2 is 1.49 bits per heavy atom. The third-order valence-corrected chi connectivity index (χ3v) is 9.53. The molecule has 2 aromatic rings. The number of ether oxygens (including phenoxy) is 1. The molecule has 9 heteroatoms. The lowest BCUT2D eigenvalue weighted by atomic mass is 9.98. The predicted octanol–water partition coefficient (Wildman–Crippen LogP) is 5.33. The van der Waals surface area contributed by atoms with Crippen LogP contribution >= 0.6 is 0 Å². The second kappa shape index (κ2) is 15.4.